The minimum Gasteiger partial charge on any atom is -0.483 e. The van der Waals surface area contributed by atoms with Crippen molar-refractivity contribution in [1.82, 2.24) is 4.98 Å². The van der Waals surface area contributed by atoms with Gasteiger partial charge in [-0.05, 0) is 31.0 Å². The second kappa shape index (κ2) is 7.96. The topological polar surface area (TPSA) is 94.4 Å². The Morgan fingerprint density at radius 1 is 1.26 bits per heavy atom. The number of nitrogens with zero attached hydrogens (tertiary/aromatic N) is 2. The second-order valence-electron chi connectivity index (χ2n) is 5.88. The first kappa shape index (κ1) is 18.5. The zero-order chi connectivity index (χ0) is 19.4. The largest absolute Gasteiger partial charge is 0.483 e. The smallest absolute Gasteiger partial charge is 0.270 e. The van der Waals surface area contributed by atoms with Gasteiger partial charge in [0.15, 0.2) is 11.7 Å². The van der Waals surface area contributed by atoms with Gasteiger partial charge in [-0.25, -0.2) is 4.98 Å². The summed E-state index contributed by atoms with van der Waals surface area (Å²) in [6, 6.07) is 11.9. The van der Waals surface area contributed by atoms with Gasteiger partial charge < -0.3 is 4.74 Å². The predicted octanol–water partition coefficient (Wildman–Crippen LogP) is 4.35. The first-order valence-electron chi connectivity index (χ1n) is 8.13. The zero-order valence-electron chi connectivity index (χ0n) is 14.8. The van der Waals surface area contributed by atoms with Crippen LogP contribution < -0.4 is 10.1 Å². The maximum atomic E-state index is 12.1. The number of ether oxygens (including phenoxy) is 1. The summed E-state index contributed by atoms with van der Waals surface area (Å²) in [6.07, 6.45) is 0. The molecule has 3 rings (SSSR count). The van der Waals surface area contributed by atoms with Gasteiger partial charge in [-0.3, -0.25) is 20.2 Å². The molecule has 0 fully saturated rings. The van der Waals surface area contributed by atoms with Crippen molar-refractivity contribution in [2.45, 2.75) is 13.8 Å². The highest BCUT2D eigenvalue weighted by molar-refractivity contribution is 7.14. The van der Waals surface area contributed by atoms with Gasteiger partial charge in [0.1, 0.15) is 5.75 Å². The fourth-order valence-corrected chi connectivity index (χ4v) is 3.16. The molecule has 27 heavy (non-hydrogen) atoms. The van der Waals surface area contributed by atoms with Gasteiger partial charge in [-0.15, -0.1) is 11.3 Å². The maximum absolute atomic E-state index is 12.1. The van der Waals surface area contributed by atoms with Crippen molar-refractivity contribution in [3.8, 4) is 17.0 Å². The molecule has 0 saturated heterocycles. The molecule has 0 bridgehead atoms. The van der Waals surface area contributed by atoms with Crippen molar-refractivity contribution in [2.75, 3.05) is 11.9 Å². The third-order valence-corrected chi connectivity index (χ3v) is 4.77. The van der Waals surface area contributed by atoms with E-state index in [1.165, 1.54) is 23.5 Å². The molecule has 0 radical (unpaired) electrons. The summed E-state index contributed by atoms with van der Waals surface area (Å²) in [5.74, 6) is 0.345. The summed E-state index contributed by atoms with van der Waals surface area (Å²) >= 11 is 1.25. The number of nitro groups is 1. The molecule has 0 spiro atoms. The van der Waals surface area contributed by atoms with Crippen molar-refractivity contribution >= 4 is 28.1 Å². The van der Waals surface area contributed by atoms with E-state index in [0.29, 0.717) is 22.1 Å². The number of carbonyl (C=O) groups excluding carboxylic acids is 1. The van der Waals surface area contributed by atoms with Crippen molar-refractivity contribution in [1.29, 1.82) is 0 Å². The fraction of sp³-hybridized carbons (Fsp3) is 0.158. The van der Waals surface area contributed by atoms with Gasteiger partial charge >= 0.3 is 0 Å². The van der Waals surface area contributed by atoms with Gasteiger partial charge in [-0.1, -0.05) is 24.3 Å². The Morgan fingerprint density at radius 2 is 2.04 bits per heavy atom. The van der Waals surface area contributed by atoms with Crippen LogP contribution in [-0.4, -0.2) is 22.4 Å². The summed E-state index contributed by atoms with van der Waals surface area (Å²) in [5.41, 5.74) is 3.26. The van der Waals surface area contributed by atoms with Crippen LogP contribution in [0.1, 0.15) is 11.1 Å². The predicted molar refractivity (Wildman–Crippen MR) is 104 cm³/mol. The van der Waals surface area contributed by atoms with Crippen molar-refractivity contribution in [2.24, 2.45) is 0 Å². The lowest BCUT2D eigenvalue weighted by Gasteiger charge is -2.10. The van der Waals surface area contributed by atoms with Crippen molar-refractivity contribution in [3.05, 3.63) is 69.1 Å². The summed E-state index contributed by atoms with van der Waals surface area (Å²) in [6.45, 7) is 3.79. The van der Waals surface area contributed by atoms with Crippen LogP contribution in [0.5, 0.6) is 5.75 Å². The highest BCUT2D eigenvalue weighted by Crippen LogP contribution is 2.27. The number of hydrogen-bond acceptors (Lipinski definition) is 6. The lowest BCUT2D eigenvalue weighted by atomic mass is 10.1. The van der Waals surface area contributed by atoms with E-state index in [0.717, 1.165) is 11.1 Å². The number of aromatic nitrogens is 1. The first-order valence-corrected chi connectivity index (χ1v) is 9.01. The quantitative estimate of drug-likeness (QED) is 0.504. The van der Waals surface area contributed by atoms with E-state index in [2.05, 4.69) is 10.3 Å². The molecule has 0 aliphatic carbocycles. The standard InChI is InChI=1S/C19H17N3O4S/c1-12-5-3-8-17(13(12)2)26-10-18(23)21-19-20-16(11-27-19)14-6-4-7-15(9-14)22(24)25/h3-9,11H,10H2,1-2H3,(H,20,21,23). The third-order valence-electron chi connectivity index (χ3n) is 4.02. The highest BCUT2D eigenvalue weighted by atomic mass is 32.1. The third kappa shape index (κ3) is 4.48. The molecule has 1 amide bonds. The number of nitrogens with one attached hydrogen (secondary N) is 1. The number of nitro benzene ring substituents is 1. The average molecular weight is 383 g/mol. The van der Waals surface area contributed by atoms with Crippen LogP contribution in [0.25, 0.3) is 11.3 Å². The van der Waals surface area contributed by atoms with Crippen LogP contribution in [0.4, 0.5) is 10.8 Å². The molecule has 8 heteroatoms. The normalized spacial score (nSPS) is 10.4. The number of aryl methyl sites for hydroxylation is 1. The van der Waals surface area contributed by atoms with E-state index in [4.69, 9.17) is 4.74 Å². The van der Waals surface area contributed by atoms with Crippen molar-refractivity contribution < 1.29 is 14.5 Å². The van der Waals surface area contributed by atoms with Gasteiger partial charge in [0.05, 0.1) is 10.6 Å². The Labute approximate surface area is 159 Å². The molecule has 2 aromatic carbocycles. The summed E-state index contributed by atoms with van der Waals surface area (Å²) in [4.78, 5) is 26.9. The van der Waals surface area contributed by atoms with E-state index in [-0.39, 0.29) is 18.2 Å². The molecule has 1 aromatic heterocycles. The Bertz CT molecular complexity index is 1000. The second-order valence-corrected chi connectivity index (χ2v) is 6.74. The first-order chi connectivity index (χ1) is 12.9. The molecule has 0 aliphatic rings. The minimum atomic E-state index is -0.455. The molecule has 0 atom stereocenters. The molecular weight excluding hydrogens is 366 g/mol. The van der Waals surface area contributed by atoms with Crippen LogP contribution >= 0.6 is 11.3 Å². The van der Waals surface area contributed by atoms with Crippen LogP contribution in [0.15, 0.2) is 47.8 Å². The van der Waals surface area contributed by atoms with E-state index >= 15 is 0 Å². The molecule has 0 aliphatic heterocycles. The summed E-state index contributed by atoms with van der Waals surface area (Å²) in [7, 11) is 0. The van der Waals surface area contributed by atoms with E-state index in [1.807, 2.05) is 32.0 Å². The Balaban J connectivity index is 1.63. The Hall–Kier alpha value is -3.26. The van der Waals surface area contributed by atoms with E-state index in [9.17, 15) is 14.9 Å². The molecule has 1 N–H and O–H groups in total. The molecule has 0 saturated carbocycles. The van der Waals surface area contributed by atoms with Gasteiger partial charge in [0, 0.05) is 23.1 Å². The van der Waals surface area contributed by atoms with Gasteiger partial charge in [0.25, 0.3) is 11.6 Å². The van der Waals surface area contributed by atoms with Gasteiger partial charge in [0.2, 0.25) is 0 Å². The van der Waals surface area contributed by atoms with Crippen LogP contribution in [-0.2, 0) is 4.79 Å². The SMILES string of the molecule is Cc1cccc(OCC(=O)Nc2nc(-c3cccc([N+](=O)[O-])c3)cs2)c1C. The van der Waals surface area contributed by atoms with Crippen LogP contribution in [0, 0.1) is 24.0 Å². The lowest BCUT2D eigenvalue weighted by molar-refractivity contribution is -0.384. The minimum absolute atomic E-state index is 0.00647. The number of carbonyl (C=O) groups is 1. The highest BCUT2D eigenvalue weighted by Gasteiger charge is 2.12. The molecular formula is C19H17N3O4S. The number of hydrogen-bond donors (Lipinski definition) is 1. The number of amides is 1. The Kier molecular flexibility index (Phi) is 5.46. The molecule has 0 unspecified atom stereocenters. The lowest BCUT2D eigenvalue weighted by Crippen LogP contribution is -2.20. The number of rotatable bonds is 6. The average Bonchev–Trinajstić information content (AvgIpc) is 3.11. The van der Waals surface area contributed by atoms with Crippen LogP contribution in [0.3, 0.4) is 0 Å². The van der Waals surface area contributed by atoms with E-state index < -0.39 is 4.92 Å². The van der Waals surface area contributed by atoms with E-state index in [1.54, 1.807) is 17.5 Å². The number of benzene rings is 2. The maximum Gasteiger partial charge on any atom is 0.270 e. The molecule has 7 nitrogen and oxygen atoms in total. The number of anilines is 1. The zero-order valence-corrected chi connectivity index (χ0v) is 15.6. The fourth-order valence-electron chi connectivity index (χ4n) is 2.42. The summed E-state index contributed by atoms with van der Waals surface area (Å²) < 4.78 is 5.57. The molecule has 3 aromatic rings. The van der Waals surface area contributed by atoms with Crippen LogP contribution in [0.2, 0.25) is 0 Å². The molecule has 1 heterocycles. The molecule has 138 valence electrons. The number of non-ortho nitro benzene ring substituents is 1. The summed E-state index contributed by atoms with van der Waals surface area (Å²) in [5, 5.41) is 15.7. The number of thiazole rings is 1. The van der Waals surface area contributed by atoms with Gasteiger partial charge in [-0.2, -0.15) is 0 Å². The van der Waals surface area contributed by atoms with Crippen molar-refractivity contribution in [3.63, 3.8) is 0 Å². The Morgan fingerprint density at radius 3 is 2.81 bits per heavy atom. The monoisotopic (exact) mass is 383 g/mol.